The van der Waals surface area contributed by atoms with Crippen LogP contribution in [0, 0.1) is 11.8 Å². The van der Waals surface area contributed by atoms with E-state index >= 15 is 0 Å². The highest BCUT2D eigenvalue weighted by Gasteiger charge is 2.40. The molecule has 0 saturated carbocycles. The van der Waals surface area contributed by atoms with Crippen LogP contribution in [0.4, 0.5) is 0 Å². The van der Waals surface area contributed by atoms with Gasteiger partial charge in [0.2, 0.25) is 17.7 Å². The fourth-order valence-corrected chi connectivity index (χ4v) is 9.59. The smallest absolute Gasteiger partial charge is 0.286 e. The van der Waals surface area contributed by atoms with Crippen molar-refractivity contribution in [1.82, 2.24) is 16.0 Å². The van der Waals surface area contributed by atoms with E-state index in [1.165, 1.54) is 5.56 Å². The molecule has 4 N–H and O–H groups in total. The number of unbranched alkanes of at least 4 members (excludes halogenated alkanes) is 3. The van der Waals surface area contributed by atoms with Gasteiger partial charge in [0.1, 0.15) is 11.6 Å². The molecule has 0 radical (unpaired) electrons. The first-order chi connectivity index (χ1) is 35.8. The van der Waals surface area contributed by atoms with Crippen molar-refractivity contribution in [3.8, 4) is 11.1 Å². The molecule has 3 amide bonds. The Labute approximate surface area is 446 Å². The number of nitrogens with one attached hydrogen (secondary N) is 3. The number of amides is 3. The van der Waals surface area contributed by atoms with Crippen LogP contribution in [0.15, 0.2) is 140 Å². The van der Waals surface area contributed by atoms with E-state index in [-0.39, 0.29) is 31.4 Å². The normalized spacial score (nSPS) is 13.6. The molecule has 75 heavy (non-hydrogen) atoms. The quantitative estimate of drug-likeness (QED) is 0.0153. The summed E-state index contributed by atoms with van der Waals surface area (Å²) in [6, 6.07) is 42.0. The summed E-state index contributed by atoms with van der Waals surface area (Å²) in [5, 5.41) is 19.2. The molecule has 0 aromatic heterocycles. The summed E-state index contributed by atoms with van der Waals surface area (Å²) in [4.78, 5) is 85.5. The molecule has 12 heteroatoms. The van der Waals surface area contributed by atoms with Crippen LogP contribution in [0.25, 0.3) is 11.1 Å². The highest BCUT2D eigenvalue weighted by molar-refractivity contribution is 6.48. The lowest BCUT2D eigenvalue weighted by Gasteiger charge is -2.37. The predicted octanol–water partition coefficient (Wildman–Crippen LogP) is 11.3. The fourth-order valence-electron chi connectivity index (χ4n) is 9.59. The van der Waals surface area contributed by atoms with Gasteiger partial charge in [-0.2, -0.15) is 0 Å². The minimum Gasteiger partial charge on any atom is -0.451 e. The van der Waals surface area contributed by atoms with Crippen molar-refractivity contribution >= 4 is 42.0 Å². The summed E-state index contributed by atoms with van der Waals surface area (Å²) in [7, 11) is 0. The van der Waals surface area contributed by atoms with Crippen LogP contribution in [0.5, 0.6) is 0 Å². The maximum Gasteiger partial charge on any atom is 0.286 e. The summed E-state index contributed by atoms with van der Waals surface area (Å²) < 4.78 is 6.27. The van der Waals surface area contributed by atoms with Crippen LogP contribution in [-0.2, 0) is 40.7 Å². The summed E-state index contributed by atoms with van der Waals surface area (Å²) in [6.07, 6.45) is 4.58. The first-order valence-corrected chi connectivity index (χ1v) is 27.1. The molecule has 0 aliphatic carbocycles. The molecule has 0 aliphatic rings. The minimum atomic E-state index is -1.30. The van der Waals surface area contributed by atoms with Crippen LogP contribution in [0.2, 0.25) is 13.1 Å². The lowest BCUT2D eigenvalue weighted by molar-refractivity contribution is -0.139. The number of benzene rings is 5. The zero-order chi connectivity index (χ0) is 54.5. The third kappa shape index (κ3) is 17.8. The van der Waals surface area contributed by atoms with Crippen molar-refractivity contribution in [2.75, 3.05) is 0 Å². The van der Waals surface area contributed by atoms with E-state index in [9.17, 15) is 33.8 Å². The van der Waals surface area contributed by atoms with Gasteiger partial charge in [-0.15, -0.1) is 0 Å². The highest BCUT2D eigenvalue weighted by atomic mass is 16.5. The zero-order valence-electron chi connectivity index (χ0n) is 45.5. The largest absolute Gasteiger partial charge is 0.451 e. The van der Waals surface area contributed by atoms with Gasteiger partial charge in [0.15, 0.2) is 17.3 Å². The van der Waals surface area contributed by atoms with Gasteiger partial charge in [0.25, 0.3) is 6.92 Å². The first kappa shape index (κ1) is 59.4. The number of ketones is 3. The Hall–Kier alpha value is -6.50. The van der Waals surface area contributed by atoms with Crippen LogP contribution >= 0.6 is 0 Å². The second-order valence-corrected chi connectivity index (χ2v) is 21.2. The van der Waals surface area contributed by atoms with Gasteiger partial charge in [-0.25, -0.2) is 0 Å². The SMILES string of the molecule is CCCCC[C@H](CC(=O)c1ccc(-c2ccc(CCCC)cc2)cc1)C(=O)N[C@H](C(=O)C[C@@H](C)C(=O)N[C@@H](CC(=O)NC(c1ccccc1)(c1ccccc1)c1ccccc1)C(=O)CCB(C)O)C(C)OC(C)(C)C. The Morgan fingerprint density at radius 3 is 1.63 bits per heavy atom. The van der Waals surface area contributed by atoms with Crippen molar-refractivity contribution in [3.63, 3.8) is 0 Å². The molecule has 398 valence electrons. The molecule has 1 unspecified atom stereocenters. The molecule has 5 rings (SSSR count). The van der Waals surface area contributed by atoms with Gasteiger partial charge in [0.05, 0.1) is 24.2 Å². The lowest BCUT2D eigenvalue weighted by atomic mass is 9.66. The van der Waals surface area contributed by atoms with E-state index in [2.05, 4.69) is 54.1 Å². The molecule has 5 aromatic carbocycles. The monoisotopic (exact) mass is 1020 g/mol. The average Bonchev–Trinajstić information content (AvgIpc) is 3.40. The van der Waals surface area contributed by atoms with E-state index in [0.717, 1.165) is 59.9 Å². The Morgan fingerprint density at radius 1 is 0.613 bits per heavy atom. The molecule has 5 atom stereocenters. The third-order valence-electron chi connectivity index (χ3n) is 13.7. The van der Waals surface area contributed by atoms with Gasteiger partial charge in [-0.3, -0.25) is 28.8 Å². The van der Waals surface area contributed by atoms with E-state index in [0.29, 0.717) is 18.4 Å². The topological polar surface area (TPSA) is 168 Å². The standard InChI is InChI=1S/C63H80BN3O8/c1-9-11-16-24-50(42-56(69)49-37-35-48(36-38-49)47-33-31-46(32-34-47)23-12-10-2)61(73)66-59(45(4)75-62(5,6)7)57(70)41-44(3)60(72)65-54(55(68)39-40-64(8)74)43-58(71)67-63(51-25-17-13-18-26-51,52-27-19-14-20-28-52)53-29-21-15-22-30-53/h13-15,17-22,25-38,44-45,50,54,59,74H,9-12,16,23-24,39-43H2,1-8H3,(H,65,72)(H,66,73)(H,67,71)/t44-,45?,50-,54+,59+/m1/s1. The zero-order valence-corrected chi connectivity index (χ0v) is 45.5. The average molecular weight is 1020 g/mol. The molecular formula is C63H80BN3O8. The van der Waals surface area contributed by atoms with Crippen LogP contribution in [0.3, 0.4) is 0 Å². The predicted molar refractivity (Wildman–Crippen MR) is 300 cm³/mol. The summed E-state index contributed by atoms with van der Waals surface area (Å²) in [5.41, 5.74) is 4.26. The van der Waals surface area contributed by atoms with Crippen molar-refractivity contribution in [1.29, 1.82) is 0 Å². The maximum absolute atomic E-state index is 14.5. The minimum absolute atomic E-state index is 0.0591. The number of carbonyl (C=O) groups is 6. The molecular weight excluding hydrogens is 938 g/mol. The summed E-state index contributed by atoms with van der Waals surface area (Å²) in [5.74, 6) is -4.45. The molecule has 11 nitrogen and oxygen atoms in total. The molecule has 0 heterocycles. The van der Waals surface area contributed by atoms with Crippen molar-refractivity contribution in [2.45, 2.75) is 162 Å². The molecule has 0 bridgehead atoms. The van der Waals surface area contributed by atoms with Crippen LogP contribution < -0.4 is 16.0 Å². The lowest BCUT2D eigenvalue weighted by Crippen LogP contribution is -2.53. The van der Waals surface area contributed by atoms with Gasteiger partial charge < -0.3 is 25.7 Å². The number of hydrogen-bond acceptors (Lipinski definition) is 8. The van der Waals surface area contributed by atoms with Crippen molar-refractivity contribution in [3.05, 3.63) is 167 Å². The van der Waals surface area contributed by atoms with E-state index in [1.54, 1.807) is 32.8 Å². The van der Waals surface area contributed by atoms with E-state index in [4.69, 9.17) is 4.74 Å². The van der Waals surface area contributed by atoms with Gasteiger partial charge >= 0.3 is 0 Å². The first-order valence-electron chi connectivity index (χ1n) is 27.1. The van der Waals surface area contributed by atoms with Crippen LogP contribution in [0.1, 0.15) is 145 Å². The number of carbonyl (C=O) groups excluding carboxylic acids is 6. The molecule has 0 fully saturated rings. The van der Waals surface area contributed by atoms with E-state index < -0.39 is 83.8 Å². The number of hydrogen-bond donors (Lipinski definition) is 4. The molecule has 5 aromatic rings. The number of rotatable bonds is 30. The van der Waals surface area contributed by atoms with Gasteiger partial charge in [-0.1, -0.05) is 193 Å². The second-order valence-electron chi connectivity index (χ2n) is 21.2. The van der Waals surface area contributed by atoms with Crippen molar-refractivity contribution in [2.24, 2.45) is 11.8 Å². The van der Waals surface area contributed by atoms with Crippen molar-refractivity contribution < 1.29 is 38.5 Å². The highest BCUT2D eigenvalue weighted by Crippen LogP contribution is 2.37. The Kier molecular flexibility index (Phi) is 22.9. The number of aryl methyl sites for hydroxylation is 1. The second kappa shape index (κ2) is 29.0. The summed E-state index contributed by atoms with van der Waals surface area (Å²) >= 11 is 0. The Morgan fingerprint density at radius 2 is 1.13 bits per heavy atom. The number of Topliss-reactive ketones (excluding diaryl/α,β-unsaturated/α-hetero) is 3. The van der Waals surface area contributed by atoms with Gasteiger partial charge in [0, 0.05) is 36.7 Å². The summed E-state index contributed by atoms with van der Waals surface area (Å²) in [6.45, 7) is 13.8. The molecule has 0 aliphatic heterocycles. The van der Waals surface area contributed by atoms with E-state index in [1.807, 2.05) is 124 Å². The number of ether oxygens (including phenoxy) is 1. The fraction of sp³-hybridized carbons (Fsp3) is 0.429. The Balaban J connectivity index is 1.34. The molecule has 0 saturated heterocycles. The Bertz CT molecular complexity index is 2500. The van der Waals surface area contributed by atoms with Gasteiger partial charge in [-0.05, 0) is 86.7 Å². The third-order valence-corrected chi connectivity index (χ3v) is 13.7. The maximum atomic E-state index is 14.5. The molecule has 0 spiro atoms. The van der Waals surface area contributed by atoms with Crippen LogP contribution in [-0.4, -0.2) is 70.8 Å².